The Morgan fingerprint density at radius 3 is 2.33 bits per heavy atom. The fraction of sp³-hybridized carbons (Fsp3) is 0.441. The van der Waals surface area contributed by atoms with Crippen molar-refractivity contribution >= 4 is 35.0 Å². The predicted molar refractivity (Wildman–Crippen MR) is 164 cm³/mol. The van der Waals surface area contributed by atoms with Crippen molar-refractivity contribution in [3.63, 3.8) is 0 Å². The minimum absolute atomic E-state index is 0.124. The molecule has 4 heterocycles. The number of unbranched alkanes of at least 4 members (excludes halogenated alkanes) is 3. The molecule has 0 aromatic heterocycles. The summed E-state index contributed by atoms with van der Waals surface area (Å²) < 4.78 is 6.93. The molecule has 1 N–H and O–H groups in total. The molecule has 4 aliphatic heterocycles. The highest BCUT2D eigenvalue weighted by molar-refractivity contribution is 6.30. The van der Waals surface area contributed by atoms with E-state index in [1.165, 1.54) is 0 Å². The third kappa shape index (κ3) is 5.19. The summed E-state index contributed by atoms with van der Waals surface area (Å²) in [5, 5.41) is 9.78. The molecule has 2 fully saturated rings. The lowest BCUT2D eigenvalue weighted by molar-refractivity contribution is -0.148. The maximum Gasteiger partial charge on any atom is 0.253 e. The van der Waals surface area contributed by atoms with Crippen molar-refractivity contribution in [3.05, 3.63) is 89.5 Å². The SMILES string of the molecule is C[C@@]12C=CCN(Cc3ccccc3)C(=O)[C@@H]1[C@H]1C(=O)N(CCCCCCO)C3C(=O)N(c4ccc(Cl)cc4)CC=C[C@@]31O2. The van der Waals surface area contributed by atoms with Gasteiger partial charge < -0.3 is 24.5 Å². The first-order chi connectivity index (χ1) is 20.8. The van der Waals surface area contributed by atoms with Gasteiger partial charge in [0.05, 0.1) is 17.4 Å². The van der Waals surface area contributed by atoms with E-state index in [4.69, 9.17) is 16.3 Å². The standard InChI is InChI=1S/C34H38ClN3O5/c1-33-17-9-19-36(23-24-11-5-4-6-12-24)30(40)27(33)28-31(41)38(20-7-2-3-8-22-39)29-32(42)37(21-10-18-34(28,29)43-33)26-15-13-25(35)14-16-26/h4-6,9-18,27-29,39H,2-3,7-8,19-23H2,1H3/t27-,28-,29?,33+,34-/m0/s1. The summed E-state index contributed by atoms with van der Waals surface area (Å²) in [4.78, 5) is 48.6. The molecule has 8 nitrogen and oxygen atoms in total. The molecule has 226 valence electrons. The first-order valence-electron chi connectivity index (χ1n) is 15.2. The van der Waals surface area contributed by atoms with Crippen molar-refractivity contribution in [1.82, 2.24) is 9.80 Å². The summed E-state index contributed by atoms with van der Waals surface area (Å²) in [6.07, 6.45) is 10.6. The number of nitrogens with zero attached hydrogens (tertiary/aromatic N) is 3. The number of anilines is 1. The Hall–Kier alpha value is -3.46. The number of aliphatic hydroxyl groups is 1. The maximum atomic E-state index is 14.5. The first kappa shape index (κ1) is 29.6. The molecule has 1 spiro atoms. The maximum absolute atomic E-state index is 14.5. The smallest absolute Gasteiger partial charge is 0.253 e. The molecule has 0 bridgehead atoms. The highest BCUT2D eigenvalue weighted by Crippen LogP contribution is 2.57. The normalized spacial score (nSPS) is 29.9. The molecular formula is C34H38ClN3O5. The van der Waals surface area contributed by atoms with E-state index in [2.05, 4.69) is 0 Å². The summed E-state index contributed by atoms with van der Waals surface area (Å²) >= 11 is 6.14. The van der Waals surface area contributed by atoms with E-state index in [-0.39, 0.29) is 24.3 Å². The van der Waals surface area contributed by atoms with Crippen LogP contribution in [0.5, 0.6) is 0 Å². The first-order valence-corrected chi connectivity index (χ1v) is 15.5. The number of hydrogen-bond donors (Lipinski definition) is 1. The number of carbonyl (C=O) groups excluding carboxylic acids is 3. The molecule has 0 radical (unpaired) electrons. The van der Waals surface area contributed by atoms with Gasteiger partial charge in [-0.3, -0.25) is 14.4 Å². The topological polar surface area (TPSA) is 90.4 Å². The largest absolute Gasteiger partial charge is 0.396 e. The minimum atomic E-state index is -1.30. The van der Waals surface area contributed by atoms with Crippen molar-refractivity contribution < 1.29 is 24.2 Å². The Balaban J connectivity index is 1.38. The van der Waals surface area contributed by atoms with Crippen molar-refractivity contribution in [2.45, 2.75) is 56.4 Å². The monoisotopic (exact) mass is 603 g/mol. The van der Waals surface area contributed by atoms with E-state index < -0.39 is 29.1 Å². The van der Waals surface area contributed by atoms with Gasteiger partial charge in [0.15, 0.2) is 0 Å². The van der Waals surface area contributed by atoms with E-state index in [1.54, 1.807) is 39.0 Å². The lowest BCUT2D eigenvalue weighted by Gasteiger charge is -2.37. The predicted octanol–water partition coefficient (Wildman–Crippen LogP) is 4.37. The van der Waals surface area contributed by atoms with Crippen LogP contribution in [0.25, 0.3) is 0 Å². The van der Waals surface area contributed by atoms with E-state index in [9.17, 15) is 19.5 Å². The number of rotatable bonds is 9. The van der Waals surface area contributed by atoms with Gasteiger partial charge in [0.25, 0.3) is 5.91 Å². The van der Waals surface area contributed by atoms with Gasteiger partial charge >= 0.3 is 0 Å². The van der Waals surface area contributed by atoms with E-state index in [0.29, 0.717) is 49.7 Å². The lowest BCUT2D eigenvalue weighted by atomic mass is 9.74. The number of likely N-dealkylation sites (tertiary alicyclic amines) is 1. The molecule has 5 atom stereocenters. The quantitative estimate of drug-likeness (QED) is 0.340. The van der Waals surface area contributed by atoms with E-state index >= 15 is 0 Å². The van der Waals surface area contributed by atoms with Crippen LogP contribution in [0, 0.1) is 11.8 Å². The minimum Gasteiger partial charge on any atom is -0.396 e. The van der Waals surface area contributed by atoms with Crippen LogP contribution in [0.3, 0.4) is 0 Å². The van der Waals surface area contributed by atoms with Gasteiger partial charge in [-0.05, 0) is 49.6 Å². The van der Waals surface area contributed by atoms with Crippen LogP contribution in [0.4, 0.5) is 5.69 Å². The summed E-state index contributed by atoms with van der Waals surface area (Å²) in [6, 6.07) is 16.0. The highest BCUT2D eigenvalue weighted by atomic mass is 35.5. The Kier molecular flexibility index (Phi) is 8.20. The number of amides is 3. The van der Waals surface area contributed by atoms with Crippen molar-refractivity contribution in [3.8, 4) is 0 Å². The van der Waals surface area contributed by atoms with E-state index in [1.807, 2.05) is 61.6 Å². The number of aliphatic hydroxyl groups excluding tert-OH is 1. The van der Waals surface area contributed by atoms with Crippen molar-refractivity contribution in [2.24, 2.45) is 11.8 Å². The Morgan fingerprint density at radius 1 is 0.860 bits per heavy atom. The van der Waals surface area contributed by atoms with Gasteiger partial charge in [-0.1, -0.05) is 79.1 Å². The second-order valence-electron chi connectivity index (χ2n) is 12.1. The van der Waals surface area contributed by atoms with Crippen LogP contribution in [-0.4, -0.2) is 76.1 Å². The van der Waals surface area contributed by atoms with Crippen LogP contribution >= 0.6 is 11.6 Å². The van der Waals surface area contributed by atoms with E-state index in [0.717, 1.165) is 18.4 Å². The van der Waals surface area contributed by atoms with Crippen LogP contribution in [-0.2, 0) is 25.7 Å². The second kappa shape index (κ2) is 11.9. The fourth-order valence-electron chi connectivity index (χ4n) is 7.36. The number of carbonyl (C=O) groups is 3. The zero-order chi connectivity index (χ0) is 30.2. The molecule has 6 rings (SSSR count). The summed E-state index contributed by atoms with van der Waals surface area (Å²) in [5.41, 5.74) is -0.674. The molecule has 43 heavy (non-hydrogen) atoms. The number of halogens is 1. The molecule has 0 aliphatic carbocycles. The molecule has 9 heteroatoms. The molecule has 2 aromatic carbocycles. The van der Waals surface area contributed by atoms with Crippen molar-refractivity contribution in [1.29, 1.82) is 0 Å². The van der Waals surface area contributed by atoms with Gasteiger partial charge in [-0.15, -0.1) is 0 Å². The molecule has 3 amide bonds. The van der Waals surface area contributed by atoms with Crippen molar-refractivity contribution in [2.75, 3.05) is 31.1 Å². The molecule has 1 unspecified atom stereocenters. The number of fused-ring (bicyclic) bond motifs is 2. The van der Waals surface area contributed by atoms with Crippen LogP contribution in [0.15, 0.2) is 78.9 Å². The van der Waals surface area contributed by atoms with Gasteiger partial charge in [0, 0.05) is 43.5 Å². The van der Waals surface area contributed by atoms with Crippen LogP contribution in [0.1, 0.15) is 38.2 Å². The molecule has 2 saturated heterocycles. The lowest BCUT2D eigenvalue weighted by Crippen LogP contribution is -2.56. The average molecular weight is 604 g/mol. The van der Waals surface area contributed by atoms with Crippen LogP contribution in [0.2, 0.25) is 5.02 Å². The Labute approximate surface area is 257 Å². The zero-order valence-electron chi connectivity index (χ0n) is 24.4. The number of ether oxygens (including phenoxy) is 1. The third-order valence-electron chi connectivity index (χ3n) is 9.30. The Morgan fingerprint density at radius 2 is 1.58 bits per heavy atom. The second-order valence-corrected chi connectivity index (χ2v) is 12.5. The summed E-state index contributed by atoms with van der Waals surface area (Å²) in [5.74, 6) is -2.24. The van der Waals surface area contributed by atoms with Gasteiger partial charge in [-0.25, -0.2) is 0 Å². The molecule has 4 aliphatic rings. The van der Waals surface area contributed by atoms with Gasteiger partial charge in [0.2, 0.25) is 11.8 Å². The van der Waals surface area contributed by atoms with Gasteiger partial charge in [-0.2, -0.15) is 0 Å². The molecule has 2 aromatic rings. The third-order valence-corrected chi connectivity index (χ3v) is 9.55. The summed E-state index contributed by atoms with van der Waals surface area (Å²) in [7, 11) is 0. The fourth-order valence-corrected chi connectivity index (χ4v) is 7.48. The highest BCUT2D eigenvalue weighted by Gasteiger charge is 2.74. The Bertz CT molecular complexity index is 1430. The zero-order valence-corrected chi connectivity index (χ0v) is 25.2. The van der Waals surface area contributed by atoms with Crippen LogP contribution < -0.4 is 4.90 Å². The number of benzene rings is 2. The average Bonchev–Trinajstić information content (AvgIpc) is 3.26. The van der Waals surface area contributed by atoms with Gasteiger partial charge in [0.1, 0.15) is 11.6 Å². The molecular weight excluding hydrogens is 566 g/mol. The number of hydrogen-bond acceptors (Lipinski definition) is 5. The summed E-state index contributed by atoms with van der Waals surface area (Å²) in [6.45, 7) is 3.49. The molecule has 0 saturated carbocycles.